The minimum atomic E-state index is -0.785. The third kappa shape index (κ3) is 5.56. The number of urea groups is 1. The number of aliphatic carboxylic acids is 1. The van der Waals surface area contributed by atoms with Crippen LogP contribution in [0.25, 0.3) is 0 Å². The van der Waals surface area contributed by atoms with Crippen LogP contribution in [0.1, 0.15) is 59.3 Å². The number of nitrogens with one attached hydrogen (secondary N) is 1. The van der Waals surface area contributed by atoms with Crippen LogP contribution in [0.15, 0.2) is 0 Å². The van der Waals surface area contributed by atoms with Crippen LogP contribution in [0.3, 0.4) is 0 Å². The first-order valence-electron chi connectivity index (χ1n) is 8.27. The van der Waals surface area contributed by atoms with Gasteiger partial charge < -0.3 is 15.3 Å². The molecule has 5 nitrogen and oxygen atoms in total. The van der Waals surface area contributed by atoms with Gasteiger partial charge in [0, 0.05) is 19.1 Å². The molecule has 0 aromatic carbocycles. The lowest BCUT2D eigenvalue weighted by atomic mass is 9.95. The van der Waals surface area contributed by atoms with Crippen LogP contribution >= 0.6 is 0 Å². The van der Waals surface area contributed by atoms with Crippen molar-refractivity contribution in [3.8, 4) is 0 Å². The van der Waals surface area contributed by atoms with E-state index in [1.807, 2.05) is 6.92 Å². The molecule has 0 heterocycles. The molecule has 0 aromatic rings. The van der Waals surface area contributed by atoms with E-state index in [0.717, 1.165) is 38.6 Å². The van der Waals surface area contributed by atoms with Crippen molar-refractivity contribution in [3.05, 3.63) is 0 Å². The predicted molar refractivity (Wildman–Crippen MR) is 83.2 cm³/mol. The first-order chi connectivity index (χ1) is 9.99. The zero-order valence-corrected chi connectivity index (χ0v) is 13.6. The van der Waals surface area contributed by atoms with Crippen LogP contribution in [0.2, 0.25) is 0 Å². The molecular weight excluding hydrogens is 268 g/mol. The van der Waals surface area contributed by atoms with E-state index in [-0.39, 0.29) is 12.1 Å². The first-order valence-corrected chi connectivity index (χ1v) is 8.27. The fourth-order valence-corrected chi connectivity index (χ4v) is 2.89. The van der Waals surface area contributed by atoms with Gasteiger partial charge in [0.15, 0.2) is 0 Å². The van der Waals surface area contributed by atoms with Gasteiger partial charge in [-0.3, -0.25) is 4.79 Å². The number of hydrogen-bond donors (Lipinski definition) is 2. The Hall–Kier alpha value is -1.26. The maximum atomic E-state index is 12.4. The second-order valence-corrected chi connectivity index (χ2v) is 6.19. The van der Waals surface area contributed by atoms with Crippen LogP contribution in [0.4, 0.5) is 4.79 Å². The van der Waals surface area contributed by atoms with Crippen LogP contribution in [-0.4, -0.2) is 41.1 Å². The summed E-state index contributed by atoms with van der Waals surface area (Å²) >= 11 is 0. The molecule has 0 bridgehead atoms. The maximum Gasteiger partial charge on any atom is 0.317 e. The van der Waals surface area contributed by atoms with Crippen LogP contribution in [0, 0.1) is 11.8 Å². The molecule has 2 N–H and O–H groups in total. The molecule has 1 rings (SSSR count). The Labute approximate surface area is 128 Å². The Kier molecular flexibility index (Phi) is 7.54. The van der Waals surface area contributed by atoms with Gasteiger partial charge in [0.05, 0.1) is 5.92 Å². The summed E-state index contributed by atoms with van der Waals surface area (Å²) in [6.45, 7) is 7.58. The van der Waals surface area contributed by atoms with Crippen LogP contribution in [-0.2, 0) is 4.79 Å². The molecule has 0 aromatic heterocycles. The van der Waals surface area contributed by atoms with Crippen molar-refractivity contribution in [2.45, 2.75) is 65.3 Å². The number of carbonyl (C=O) groups is 2. The molecule has 0 saturated heterocycles. The summed E-state index contributed by atoms with van der Waals surface area (Å²) in [5.41, 5.74) is 0. The number of carbonyl (C=O) groups excluding carboxylic acids is 1. The lowest BCUT2D eigenvalue weighted by Gasteiger charge is -2.29. The van der Waals surface area contributed by atoms with Gasteiger partial charge >= 0.3 is 12.0 Å². The Balaban J connectivity index is 2.65. The third-order valence-electron chi connectivity index (χ3n) is 4.54. The molecule has 0 radical (unpaired) electrons. The maximum absolute atomic E-state index is 12.4. The lowest BCUT2D eigenvalue weighted by molar-refractivity contribution is -0.142. The van der Waals surface area contributed by atoms with Gasteiger partial charge in [0.1, 0.15) is 0 Å². The number of rotatable bonds is 6. The summed E-state index contributed by atoms with van der Waals surface area (Å²) in [4.78, 5) is 25.6. The molecule has 2 amide bonds. The van der Waals surface area contributed by atoms with Gasteiger partial charge in [0.2, 0.25) is 0 Å². The predicted octanol–water partition coefficient (Wildman–Crippen LogP) is 3.10. The van der Waals surface area contributed by atoms with E-state index in [2.05, 4.69) is 19.2 Å². The van der Waals surface area contributed by atoms with Crippen molar-refractivity contribution in [1.29, 1.82) is 0 Å². The molecule has 0 spiro atoms. The molecule has 1 fully saturated rings. The van der Waals surface area contributed by atoms with Gasteiger partial charge in [-0.1, -0.05) is 39.5 Å². The Morgan fingerprint density at radius 3 is 2.48 bits per heavy atom. The number of amides is 2. The van der Waals surface area contributed by atoms with Gasteiger partial charge in [-0.05, 0) is 25.7 Å². The Morgan fingerprint density at radius 2 is 1.90 bits per heavy atom. The molecule has 5 heteroatoms. The standard InChI is InChI=1S/C16H30N2O3/c1-4-12(3)11-18(5-2)16(21)17-14-10-8-6-7-9-13(14)15(19)20/h12-14H,4-11H2,1-3H3,(H,17,21)(H,19,20). The fraction of sp³-hybridized carbons (Fsp3) is 0.875. The van der Waals surface area contributed by atoms with Gasteiger partial charge in [-0.15, -0.1) is 0 Å². The van der Waals surface area contributed by atoms with Gasteiger partial charge in [0.25, 0.3) is 0 Å². The summed E-state index contributed by atoms with van der Waals surface area (Å²) in [6, 6.07) is -0.348. The van der Waals surface area contributed by atoms with Crippen molar-refractivity contribution < 1.29 is 14.7 Å². The van der Waals surface area contributed by atoms with Crippen molar-refractivity contribution in [2.24, 2.45) is 11.8 Å². The summed E-state index contributed by atoms with van der Waals surface area (Å²) in [6.07, 6.45) is 5.45. The van der Waals surface area contributed by atoms with Gasteiger partial charge in [-0.25, -0.2) is 4.79 Å². The molecule has 3 unspecified atom stereocenters. The van der Waals surface area contributed by atoms with E-state index in [1.54, 1.807) is 4.90 Å². The van der Waals surface area contributed by atoms with Crippen molar-refractivity contribution in [1.82, 2.24) is 10.2 Å². The van der Waals surface area contributed by atoms with E-state index < -0.39 is 11.9 Å². The highest BCUT2D eigenvalue weighted by molar-refractivity contribution is 5.77. The normalized spacial score (nSPS) is 24.0. The minimum absolute atomic E-state index is 0.115. The zero-order valence-electron chi connectivity index (χ0n) is 13.6. The summed E-state index contributed by atoms with van der Waals surface area (Å²) in [7, 11) is 0. The minimum Gasteiger partial charge on any atom is -0.481 e. The van der Waals surface area contributed by atoms with Crippen molar-refractivity contribution >= 4 is 12.0 Å². The summed E-state index contributed by atoms with van der Waals surface area (Å²) < 4.78 is 0. The molecular formula is C16H30N2O3. The monoisotopic (exact) mass is 298 g/mol. The smallest absolute Gasteiger partial charge is 0.317 e. The van der Waals surface area contributed by atoms with Crippen molar-refractivity contribution in [2.75, 3.05) is 13.1 Å². The van der Waals surface area contributed by atoms with E-state index in [1.165, 1.54) is 0 Å². The molecule has 1 aliphatic rings. The van der Waals surface area contributed by atoms with Crippen LogP contribution in [0.5, 0.6) is 0 Å². The average Bonchev–Trinajstić information content (AvgIpc) is 2.69. The quantitative estimate of drug-likeness (QED) is 0.740. The van der Waals surface area contributed by atoms with Crippen molar-refractivity contribution in [3.63, 3.8) is 0 Å². The molecule has 122 valence electrons. The second-order valence-electron chi connectivity index (χ2n) is 6.19. The highest BCUT2D eigenvalue weighted by Gasteiger charge is 2.31. The van der Waals surface area contributed by atoms with E-state index in [0.29, 0.717) is 18.9 Å². The van der Waals surface area contributed by atoms with E-state index in [4.69, 9.17) is 0 Å². The molecule has 3 atom stereocenters. The number of hydrogen-bond acceptors (Lipinski definition) is 2. The van der Waals surface area contributed by atoms with Gasteiger partial charge in [-0.2, -0.15) is 0 Å². The molecule has 1 aliphatic carbocycles. The Morgan fingerprint density at radius 1 is 1.24 bits per heavy atom. The lowest BCUT2D eigenvalue weighted by Crippen LogP contribution is -2.49. The molecule has 0 aliphatic heterocycles. The third-order valence-corrected chi connectivity index (χ3v) is 4.54. The highest BCUT2D eigenvalue weighted by Crippen LogP contribution is 2.24. The number of carboxylic acids is 1. The SMILES string of the molecule is CCC(C)CN(CC)C(=O)NC1CCCCCC1C(=O)O. The van der Waals surface area contributed by atoms with E-state index >= 15 is 0 Å². The molecule has 21 heavy (non-hydrogen) atoms. The zero-order chi connectivity index (χ0) is 15.8. The topological polar surface area (TPSA) is 69.6 Å². The first kappa shape index (κ1) is 17.8. The largest absolute Gasteiger partial charge is 0.481 e. The highest BCUT2D eigenvalue weighted by atomic mass is 16.4. The number of carboxylic acid groups (broad SMARTS) is 1. The summed E-state index contributed by atoms with van der Waals surface area (Å²) in [5, 5.41) is 12.3. The van der Waals surface area contributed by atoms with E-state index in [9.17, 15) is 14.7 Å². The second kappa shape index (κ2) is 8.90. The fourth-order valence-electron chi connectivity index (χ4n) is 2.89. The Bertz CT molecular complexity index is 346. The van der Waals surface area contributed by atoms with Crippen LogP contribution < -0.4 is 5.32 Å². The summed E-state index contributed by atoms with van der Waals surface area (Å²) in [5.74, 6) is -0.772. The average molecular weight is 298 g/mol. The number of nitrogens with zero attached hydrogens (tertiary/aromatic N) is 1. The molecule has 1 saturated carbocycles.